The average Bonchev–Trinajstić information content (AvgIpc) is 2.35. The Morgan fingerprint density at radius 3 is 3.00 bits per heavy atom. The average molecular weight is 233 g/mol. The third-order valence-corrected chi connectivity index (χ3v) is 3.13. The SMILES string of the molecule is CC(C)C(=O)NCC1CCOc2ccccc21. The summed E-state index contributed by atoms with van der Waals surface area (Å²) in [5.74, 6) is 1.50. The quantitative estimate of drug-likeness (QED) is 0.870. The summed E-state index contributed by atoms with van der Waals surface area (Å²) < 4.78 is 5.60. The van der Waals surface area contributed by atoms with Gasteiger partial charge in [-0.25, -0.2) is 0 Å². The van der Waals surface area contributed by atoms with Crippen molar-refractivity contribution in [3.63, 3.8) is 0 Å². The zero-order valence-corrected chi connectivity index (χ0v) is 10.4. The third-order valence-electron chi connectivity index (χ3n) is 3.13. The lowest BCUT2D eigenvalue weighted by Gasteiger charge is -2.26. The molecule has 3 heteroatoms. The predicted molar refractivity (Wildman–Crippen MR) is 67.1 cm³/mol. The number of carbonyl (C=O) groups is 1. The second-order valence-electron chi connectivity index (χ2n) is 4.77. The summed E-state index contributed by atoms with van der Waals surface area (Å²) in [6.45, 7) is 5.26. The maximum absolute atomic E-state index is 11.6. The molecule has 1 aliphatic rings. The van der Waals surface area contributed by atoms with Gasteiger partial charge in [-0.3, -0.25) is 4.79 Å². The molecule has 0 saturated carbocycles. The number of rotatable bonds is 3. The van der Waals surface area contributed by atoms with Gasteiger partial charge in [0.2, 0.25) is 5.91 Å². The maximum atomic E-state index is 11.6. The van der Waals surface area contributed by atoms with Gasteiger partial charge < -0.3 is 10.1 Å². The molecule has 1 aliphatic heterocycles. The van der Waals surface area contributed by atoms with Crippen LogP contribution in [0.5, 0.6) is 5.75 Å². The highest BCUT2D eigenvalue weighted by Gasteiger charge is 2.21. The molecule has 17 heavy (non-hydrogen) atoms. The topological polar surface area (TPSA) is 38.3 Å². The van der Waals surface area contributed by atoms with E-state index in [2.05, 4.69) is 11.4 Å². The van der Waals surface area contributed by atoms with Crippen molar-refractivity contribution in [2.45, 2.75) is 26.2 Å². The zero-order valence-electron chi connectivity index (χ0n) is 10.4. The molecule has 3 nitrogen and oxygen atoms in total. The van der Waals surface area contributed by atoms with Gasteiger partial charge in [0, 0.05) is 18.4 Å². The van der Waals surface area contributed by atoms with Crippen LogP contribution in [0.2, 0.25) is 0 Å². The van der Waals surface area contributed by atoms with Crippen LogP contribution in [-0.2, 0) is 4.79 Å². The van der Waals surface area contributed by atoms with E-state index < -0.39 is 0 Å². The molecule has 0 fully saturated rings. The molecule has 1 aromatic carbocycles. The Morgan fingerprint density at radius 1 is 1.47 bits per heavy atom. The molecule has 0 radical (unpaired) electrons. The van der Waals surface area contributed by atoms with Crippen molar-refractivity contribution in [3.8, 4) is 5.75 Å². The first-order chi connectivity index (χ1) is 8.18. The van der Waals surface area contributed by atoms with Crippen molar-refractivity contribution >= 4 is 5.91 Å². The molecule has 1 unspecified atom stereocenters. The Hall–Kier alpha value is -1.51. The van der Waals surface area contributed by atoms with E-state index in [0.29, 0.717) is 12.5 Å². The van der Waals surface area contributed by atoms with E-state index in [9.17, 15) is 4.79 Å². The maximum Gasteiger partial charge on any atom is 0.222 e. The number of benzene rings is 1. The third kappa shape index (κ3) is 2.78. The lowest BCUT2D eigenvalue weighted by atomic mass is 9.93. The van der Waals surface area contributed by atoms with Crippen LogP contribution in [0, 0.1) is 5.92 Å². The van der Waals surface area contributed by atoms with E-state index in [-0.39, 0.29) is 11.8 Å². The predicted octanol–water partition coefficient (Wildman–Crippen LogP) is 2.32. The van der Waals surface area contributed by atoms with E-state index in [1.54, 1.807) is 0 Å². The van der Waals surface area contributed by atoms with Gasteiger partial charge in [0.25, 0.3) is 0 Å². The van der Waals surface area contributed by atoms with Crippen molar-refractivity contribution < 1.29 is 9.53 Å². The molecule has 0 saturated heterocycles. The van der Waals surface area contributed by atoms with Crippen LogP contribution in [0.3, 0.4) is 0 Å². The van der Waals surface area contributed by atoms with Gasteiger partial charge in [0.05, 0.1) is 6.61 Å². The Labute approximate surface area is 102 Å². The van der Waals surface area contributed by atoms with Crippen LogP contribution in [0.15, 0.2) is 24.3 Å². The first kappa shape index (κ1) is 12.0. The minimum Gasteiger partial charge on any atom is -0.493 e. The highest BCUT2D eigenvalue weighted by atomic mass is 16.5. The van der Waals surface area contributed by atoms with Crippen molar-refractivity contribution in [1.29, 1.82) is 0 Å². The van der Waals surface area contributed by atoms with E-state index in [4.69, 9.17) is 4.74 Å². The Bertz CT molecular complexity index is 401. The molecule has 1 aromatic rings. The van der Waals surface area contributed by atoms with Gasteiger partial charge in [-0.1, -0.05) is 32.0 Å². The molecule has 1 atom stereocenters. The Balaban J connectivity index is 2.01. The number of carbonyl (C=O) groups excluding carboxylic acids is 1. The van der Waals surface area contributed by atoms with Crippen LogP contribution in [0.1, 0.15) is 31.7 Å². The molecule has 1 heterocycles. The summed E-state index contributed by atoms with van der Waals surface area (Å²) in [6, 6.07) is 8.07. The van der Waals surface area contributed by atoms with E-state index in [1.807, 2.05) is 32.0 Å². The molecule has 0 spiro atoms. The molecule has 0 aromatic heterocycles. The van der Waals surface area contributed by atoms with Crippen LogP contribution in [0.25, 0.3) is 0 Å². The van der Waals surface area contributed by atoms with Crippen molar-refractivity contribution in [2.75, 3.05) is 13.2 Å². The minimum absolute atomic E-state index is 0.0464. The first-order valence-electron chi connectivity index (χ1n) is 6.18. The fraction of sp³-hybridized carbons (Fsp3) is 0.500. The second kappa shape index (κ2) is 5.21. The summed E-state index contributed by atoms with van der Waals surface area (Å²) in [4.78, 5) is 11.6. The summed E-state index contributed by atoms with van der Waals surface area (Å²) in [6.07, 6.45) is 0.968. The standard InChI is InChI=1S/C14H19NO2/c1-10(2)14(16)15-9-11-7-8-17-13-6-4-3-5-12(11)13/h3-6,10-11H,7-9H2,1-2H3,(H,15,16). The number of amides is 1. The molecule has 0 bridgehead atoms. The van der Waals surface area contributed by atoms with E-state index in [0.717, 1.165) is 18.8 Å². The second-order valence-corrected chi connectivity index (χ2v) is 4.77. The van der Waals surface area contributed by atoms with E-state index in [1.165, 1.54) is 5.56 Å². The van der Waals surface area contributed by atoms with Gasteiger partial charge in [-0.2, -0.15) is 0 Å². The monoisotopic (exact) mass is 233 g/mol. The van der Waals surface area contributed by atoms with Gasteiger partial charge in [-0.05, 0) is 18.1 Å². The number of para-hydroxylation sites is 1. The van der Waals surface area contributed by atoms with E-state index >= 15 is 0 Å². The van der Waals surface area contributed by atoms with Crippen LogP contribution >= 0.6 is 0 Å². The van der Waals surface area contributed by atoms with Gasteiger partial charge >= 0.3 is 0 Å². The molecular formula is C14H19NO2. The lowest BCUT2D eigenvalue weighted by molar-refractivity contribution is -0.124. The van der Waals surface area contributed by atoms with Crippen molar-refractivity contribution in [1.82, 2.24) is 5.32 Å². The molecule has 92 valence electrons. The van der Waals surface area contributed by atoms with Gasteiger partial charge in [0.15, 0.2) is 0 Å². The summed E-state index contributed by atoms with van der Waals surface area (Å²) in [5, 5.41) is 3.00. The number of nitrogens with one attached hydrogen (secondary N) is 1. The highest BCUT2D eigenvalue weighted by molar-refractivity contribution is 5.77. The normalized spacial score (nSPS) is 18.4. The summed E-state index contributed by atoms with van der Waals surface area (Å²) in [7, 11) is 0. The minimum atomic E-state index is 0.0464. The smallest absolute Gasteiger partial charge is 0.222 e. The van der Waals surface area contributed by atoms with Crippen LogP contribution in [-0.4, -0.2) is 19.1 Å². The fourth-order valence-electron chi connectivity index (χ4n) is 2.06. The van der Waals surface area contributed by atoms with Crippen LogP contribution in [0.4, 0.5) is 0 Å². The first-order valence-corrected chi connectivity index (χ1v) is 6.18. The summed E-state index contributed by atoms with van der Waals surface area (Å²) >= 11 is 0. The van der Waals surface area contributed by atoms with Crippen molar-refractivity contribution in [3.05, 3.63) is 29.8 Å². The fourth-order valence-corrected chi connectivity index (χ4v) is 2.06. The molecule has 2 rings (SSSR count). The number of hydrogen-bond acceptors (Lipinski definition) is 2. The molecule has 0 aliphatic carbocycles. The number of ether oxygens (including phenoxy) is 1. The zero-order chi connectivity index (χ0) is 12.3. The number of fused-ring (bicyclic) bond motifs is 1. The summed E-state index contributed by atoms with van der Waals surface area (Å²) in [5.41, 5.74) is 1.21. The molecule has 1 amide bonds. The lowest BCUT2D eigenvalue weighted by Crippen LogP contribution is -2.33. The largest absolute Gasteiger partial charge is 0.493 e. The molecule has 1 N–H and O–H groups in total. The molecular weight excluding hydrogens is 214 g/mol. The van der Waals surface area contributed by atoms with Gasteiger partial charge in [0.1, 0.15) is 5.75 Å². The highest BCUT2D eigenvalue weighted by Crippen LogP contribution is 2.32. The van der Waals surface area contributed by atoms with Crippen molar-refractivity contribution in [2.24, 2.45) is 5.92 Å². The Kier molecular flexibility index (Phi) is 3.67. The Morgan fingerprint density at radius 2 is 2.24 bits per heavy atom. The van der Waals surface area contributed by atoms with Gasteiger partial charge in [-0.15, -0.1) is 0 Å². The number of hydrogen-bond donors (Lipinski definition) is 1. The van der Waals surface area contributed by atoms with Crippen LogP contribution < -0.4 is 10.1 Å².